The summed E-state index contributed by atoms with van der Waals surface area (Å²) in [5.41, 5.74) is 1.19. The number of allylic oxidation sites excluding steroid dienone is 3. The first-order valence-corrected chi connectivity index (χ1v) is 9.12. The van der Waals surface area contributed by atoms with Gasteiger partial charge in [0.2, 0.25) is 0 Å². The maximum atomic E-state index is 11.0. The van der Waals surface area contributed by atoms with Gasteiger partial charge in [-0.15, -0.1) is 0 Å². The monoisotopic (exact) mass is 312 g/mol. The number of hydrogen-bond acceptors (Lipinski definition) is 2. The highest BCUT2D eigenvalue weighted by atomic mass is 31.2. The first-order chi connectivity index (χ1) is 8.44. The van der Waals surface area contributed by atoms with E-state index >= 15 is 0 Å². The fourth-order valence-electron chi connectivity index (χ4n) is 1.49. The minimum Gasteiger partial charge on any atom is -0.321 e. The molecule has 0 amide bonds. The van der Waals surface area contributed by atoms with Gasteiger partial charge in [0, 0.05) is 0 Å². The molecule has 0 bridgehead atoms. The van der Waals surface area contributed by atoms with Crippen LogP contribution < -0.4 is 0 Å². The molecule has 0 saturated carbocycles. The third-order valence-electron chi connectivity index (χ3n) is 2.51. The summed E-state index contributed by atoms with van der Waals surface area (Å²) in [4.78, 5) is 35.7. The predicted molar refractivity (Wildman–Crippen MR) is 74.6 cm³/mol. The minimum absolute atomic E-state index is 0.0868. The molecule has 0 aliphatic carbocycles. The second-order valence-corrected chi connectivity index (χ2v) is 8.34. The Balaban J connectivity index is 4.70. The molecule has 0 aliphatic heterocycles. The van der Waals surface area contributed by atoms with Crippen LogP contribution in [0.5, 0.6) is 0 Å². The van der Waals surface area contributed by atoms with Crippen molar-refractivity contribution in [1.82, 2.24) is 0 Å². The summed E-state index contributed by atoms with van der Waals surface area (Å²) in [6.45, 7) is 5.82. The van der Waals surface area contributed by atoms with Gasteiger partial charge in [0.15, 0.2) is 0 Å². The van der Waals surface area contributed by atoms with Crippen LogP contribution >= 0.6 is 15.2 Å². The highest BCUT2D eigenvalue weighted by molar-refractivity contribution is 7.77. The molecule has 6 nitrogen and oxygen atoms in total. The van der Waals surface area contributed by atoms with Crippen LogP contribution in [-0.4, -0.2) is 19.6 Å². The molecule has 0 saturated heterocycles. The van der Waals surface area contributed by atoms with Crippen molar-refractivity contribution < 1.29 is 28.7 Å². The summed E-state index contributed by atoms with van der Waals surface area (Å²) < 4.78 is 22.0. The molecule has 4 N–H and O–H groups in total. The van der Waals surface area contributed by atoms with Crippen LogP contribution in [0, 0.1) is 5.92 Å². The predicted octanol–water partition coefficient (Wildman–Crippen LogP) is 2.96. The molecule has 0 rings (SSSR count). The number of hydrogen-bond donors (Lipinski definition) is 4. The van der Waals surface area contributed by atoms with Crippen molar-refractivity contribution in [3.63, 3.8) is 0 Å². The van der Waals surface area contributed by atoms with Crippen molar-refractivity contribution in [2.24, 2.45) is 5.92 Å². The van der Waals surface area contributed by atoms with Crippen molar-refractivity contribution in [2.45, 2.75) is 40.0 Å². The zero-order chi connectivity index (χ0) is 15.3. The van der Waals surface area contributed by atoms with Crippen LogP contribution in [0.15, 0.2) is 22.8 Å². The van der Waals surface area contributed by atoms with E-state index in [4.69, 9.17) is 19.6 Å². The van der Waals surface area contributed by atoms with Gasteiger partial charge in [-0.3, -0.25) is 9.13 Å². The molecule has 0 spiro atoms. The second-order valence-electron chi connectivity index (χ2n) is 4.85. The van der Waals surface area contributed by atoms with Crippen LogP contribution in [-0.2, 0) is 9.13 Å². The third kappa shape index (κ3) is 8.53. The lowest BCUT2D eigenvalue weighted by Gasteiger charge is -2.13. The maximum Gasteiger partial charge on any atom is 0.364 e. The summed E-state index contributed by atoms with van der Waals surface area (Å²) in [6, 6.07) is 0. The number of rotatable bonds is 7. The highest BCUT2D eigenvalue weighted by Crippen LogP contribution is 2.64. The zero-order valence-corrected chi connectivity index (χ0v) is 13.1. The molecule has 0 fully saturated rings. The molecular formula is C11H22O6P2. The Labute approximate surface area is 113 Å². The molecular weight excluding hydrogens is 290 g/mol. The van der Waals surface area contributed by atoms with Gasteiger partial charge in [-0.05, 0) is 39.0 Å². The van der Waals surface area contributed by atoms with Crippen LogP contribution in [0.3, 0.4) is 0 Å². The molecule has 0 heterocycles. The third-order valence-corrected chi connectivity index (χ3v) is 5.63. The smallest absolute Gasteiger partial charge is 0.321 e. The normalized spacial score (nSPS) is 13.8. The average molecular weight is 312 g/mol. The Bertz CT molecular complexity index is 414. The molecule has 0 aliphatic rings. The van der Waals surface area contributed by atoms with Crippen molar-refractivity contribution >= 4 is 15.2 Å². The van der Waals surface area contributed by atoms with Gasteiger partial charge < -0.3 is 19.6 Å². The van der Waals surface area contributed by atoms with Crippen LogP contribution in [0.2, 0.25) is 0 Å². The van der Waals surface area contributed by atoms with Crippen molar-refractivity contribution in [3.05, 3.63) is 22.8 Å². The molecule has 1 atom stereocenters. The molecule has 19 heavy (non-hydrogen) atoms. The van der Waals surface area contributed by atoms with Crippen molar-refractivity contribution in [2.75, 3.05) is 0 Å². The first-order valence-electron chi connectivity index (χ1n) is 5.90. The molecule has 0 radical (unpaired) electrons. The Morgan fingerprint density at radius 1 is 1.05 bits per heavy atom. The van der Waals surface area contributed by atoms with Crippen LogP contribution in [0.1, 0.15) is 40.0 Å². The average Bonchev–Trinajstić information content (AvgIpc) is 2.12. The van der Waals surface area contributed by atoms with Crippen molar-refractivity contribution in [1.29, 1.82) is 0 Å². The van der Waals surface area contributed by atoms with E-state index in [0.717, 1.165) is 18.9 Å². The first kappa shape index (κ1) is 18.8. The lowest BCUT2D eigenvalue weighted by atomic mass is 10.0. The largest absolute Gasteiger partial charge is 0.364 e. The molecule has 0 aromatic heterocycles. The van der Waals surface area contributed by atoms with Gasteiger partial charge >= 0.3 is 15.2 Å². The summed E-state index contributed by atoms with van der Waals surface area (Å²) >= 11 is 0. The molecule has 8 heteroatoms. The second kappa shape index (κ2) is 7.53. The van der Waals surface area contributed by atoms with E-state index in [-0.39, 0.29) is 12.3 Å². The minimum atomic E-state index is -4.91. The highest BCUT2D eigenvalue weighted by Gasteiger charge is 2.35. The lowest BCUT2D eigenvalue weighted by Crippen LogP contribution is -1.95. The molecule has 0 aromatic carbocycles. The summed E-state index contributed by atoms with van der Waals surface area (Å²) in [5, 5.41) is -1.07. The Morgan fingerprint density at radius 3 is 1.89 bits per heavy atom. The van der Waals surface area contributed by atoms with E-state index in [9.17, 15) is 9.13 Å². The summed E-state index contributed by atoms with van der Waals surface area (Å²) in [6.07, 6.45) is 4.87. The van der Waals surface area contributed by atoms with Crippen molar-refractivity contribution in [3.8, 4) is 0 Å². The molecule has 112 valence electrons. The SMILES string of the molecule is CC(C)=CCCC(C)CC=C(P(=O)(O)O)P(=O)(O)O. The maximum absolute atomic E-state index is 11.0. The Morgan fingerprint density at radius 2 is 1.53 bits per heavy atom. The van der Waals surface area contributed by atoms with Gasteiger partial charge in [0.1, 0.15) is 5.06 Å². The van der Waals surface area contributed by atoms with E-state index in [1.54, 1.807) is 0 Å². The van der Waals surface area contributed by atoms with Gasteiger partial charge in [-0.25, -0.2) is 0 Å². The topological polar surface area (TPSA) is 115 Å². The molecule has 1 unspecified atom stereocenters. The zero-order valence-electron chi connectivity index (χ0n) is 11.4. The van der Waals surface area contributed by atoms with Gasteiger partial charge in [0.25, 0.3) is 0 Å². The standard InChI is InChI=1S/C11H22O6P2/c1-9(2)5-4-6-10(3)7-8-11(18(12,13)14)19(15,16)17/h5,8,10H,4,6-7H2,1-3H3,(H2,12,13,14)(H2,15,16,17). The van der Waals surface area contributed by atoms with Gasteiger partial charge in [-0.1, -0.05) is 24.6 Å². The Hall–Kier alpha value is -0.220. The Kier molecular flexibility index (Phi) is 7.45. The fourth-order valence-corrected chi connectivity index (χ4v) is 3.53. The van der Waals surface area contributed by atoms with E-state index in [2.05, 4.69) is 0 Å². The van der Waals surface area contributed by atoms with E-state index in [1.807, 2.05) is 26.8 Å². The van der Waals surface area contributed by atoms with Crippen LogP contribution in [0.25, 0.3) is 0 Å². The van der Waals surface area contributed by atoms with E-state index in [1.165, 1.54) is 5.57 Å². The molecule has 0 aromatic rings. The van der Waals surface area contributed by atoms with E-state index in [0.29, 0.717) is 0 Å². The van der Waals surface area contributed by atoms with Crippen LogP contribution in [0.4, 0.5) is 0 Å². The van der Waals surface area contributed by atoms with E-state index < -0.39 is 20.2 Å². The van der Waals surface area contributed by atoms with Gasteiger partial charge in [0.05, 0.1) is 0 Å². The lowest BCUT2D eigenvalue weighted by molar-refractivity contribution is 0.367. The van der Waals surface area contributed by atoms with Gasteiger partial charge in [-0.2, -0.15) is 0 Å². The fraction of sp³-hybridized carbons (Fsp3) is 0.636. The summed E-state index contributed by atoms with van der Waals surface area (Å²) in [5.74, 6) is 0.0868. The quantitative estimate of drug-likeness (QED) is 0.424. The summed E-state index contributed by atoms with van der Waals surface area (Å²) in [7, 11) is -9.82.